The first kappa shape index (κ1) is 13.3. The Morgan fingerprint density at radius 1 is 1.17 bits per heavy atom. The third-order valence-electron chi connectivity index (χ3n) is 3.00. The molecule has 0 aliphatic heterocycles. The molecule has 2 rings (SSSR count). The number of benzene rings is 1. The number of hydrogen-bond donors (Lipinski definition) is 2. The maximum Gasteiger partial charge on any atom is 0.0584 e. The second kappa shape index (κ2) is 6.69. The van der Waals surface area contributed by atoms with Crippen LogP contribution in [0.5, 0.6) is 0 Å². The van der Waals surface area contributed by atoms with Crippen LogP contribution in [0.2, 0.25) is 0 Å². The fourth-order valence-electron chi connectivity index (χ4n) is 1.81. The molecule has 0 radical (unpaired) electrons. The van der Waals surface area contributed by atoms with Gasteiger partial charge in [0.25, 0.3) is 0 Å². The molecule has 1 atom stereocenters. The fourth-order valence-corrected chi connectivity index (χ4v) is 2.78. The van der Waals surface area contributed by atoms with Crippen molar-refractivity contribution in [2.75, 3.05) is 6.61 Å². The van der Waals surface area contributed by atoms with Gasteiger partial charge in [0.15, 0.2) is 0 Å². The first-order chi connectivity index (χ1) is 8.83. The van der Waals surface area contributed by atoms with Crippen molar-refractivity contribution < 1.29 is 5.11 Å². The number of aliphatic hydroxyl groups excluding tert-OH is 1. The van der Waals surface area contributed by atoms with Crippen molar-refractivity contribution >= 4 is 11.3 Å². The van der Waals surface area contributed by atoms with Gasteiger partial charge >= 0.3 is 0 Å². The summed E-state index contributed by atoms with van der Waals surface area (Å²) < 4.78 is 0. The van der Waals surface area contributed by atoms with Gasteiger partial charge in [0.2, 0.25) is 0 Å². The lowest BCUT2D eigenvalue weighted by Gasteiger charge is -2.12. The van der Waals surface area contributed by atoms with Crippen molar-refractivity contribution in [2.24, 2.45) is 0 Å². The van der Waals surface area contributed by atoms with Gasteiger partial charge in [-0.3, -0.25) is 0 Å². The molecule has 0 amide bonds. The van der Waals surface area contributed by atoms with Crippen LogP contribution in [0.15, 0.2) is 42.5 Å². The smallest absolute Gasteiger partial charge is 0.0584 e. The van der Waals surface area contributed by atoms with Crippen LogP contribution in [0.25, 0.3) is 10.4 Å². The molecule has 1 aromatic carbocycles. The lowest BCUT2D eigenvalue weighted by molar-refractivity contribution is 0.238. The summed E-state index contributed by atoms with van der Waals surface area (Å²) in [7, 11) is 0. The van der Waals surface area contributed by atoms with Crippen LogP contribution in [0.1, 0.15) is 18.2 Å². The average Bonchev–Trinajstić information content (AvgIpc) is 2.90. The Bertz CT molecular complexity index is 462. The minimum Gasteiger partial charge on any atom is -0.395 e. The maximum absolute atomic E-state index is 9.13. The van der Waals surface area contributed by atoms with Gasteiger partial charge in [0, 0.05) is 22.3 Å². The molecule has 0 saturated carbocycles. The van der Waals surface area contributed by atoms with E-state index in [9.17, 15) is 0 Å². The van der Waals surface area contributed by atoms with Gasteiger partial charge in [-0.2, -0.15) is 0 Å². The quantitative estimate of drug-likeness (QED) is 0.836. The Kier molecular flexibility index (Phi) is 4.93. The Labute approximate surface area is 112 Å². The van der Waals surface area contributed by atoms with Gasteiger partial charge in [-0.25, -0.2) is 0 Å². The van der Waals surface area contributed by atoms with E-state index in [2.05, 4.69) is 48.6 Å². The highest BCUT2D eigenvalue weighted by Crippen LogP contribution is 2.27. The second-order valence-corrected chi connectivity index (χ2v) is 5.47. The standard InChI is InChI=1S/C15H19NOS/c1-2-13(11-17)16-10-14-8-9-15(18-14)12-6-4-3-5-7-12/h3-9,13,16-17H,2,10-11H2,1H3. The van der Waals surface area contributed by atoms with Gasteiger partial charge in [0.05, 0.1) is 6.61 Å². The van der Waals surface area contributed by atoms with Crippen LogP contribution < -0.4 is 5.32 Å². The molecule has 0 bridgehead atoms. The minimum atomic E-state index is 0.201. The highest BCUT2D eigenvalue weighted by atomic mass is 32.1. The molecule has 0 fully saturated rings. The van der Waals surface area contributed by atoms with E-state index in [0.717, 1.165) is 13.0 Å². The summed E-state index contributed by atoms with van der Waals surface area (Å²) in [4.78, 5) is 2.60. The maximum atomic E-state index is 9.13. The molecule has 1 heterocycles. The third-order valence-corrected chi connectivity index (χ3v) is 4.13. The summed E-state index contributed by atoms with van der Waals surface area (Å²) in [5.41, 5.74) is 1.27. The summed E-state index contributed by atoms with van der Waals surface area (Å²) in [5.74, 6) is 0. The molecule has 0 spiro atoms. The van der Waals surface area contributed by atoms with Gasteiger partial charge in [-0.15, -0.1) is 11.3 Å². The highest BCUT2D eigenvalue weighted by Gasteiger charge is 2.06. The molecule has 18 heavy (non-hydrogen) atoms. The molecular formula is C15H19NOS. The highest BCUT2D eigenvalue weighted by molar-refractivity contribution is 7.15. The van der Waals surface area contributed by atoms with Crippen LogP contribution in [-0.2, 0) is 6.54 Å². The first-order valence-electron chi connectivity index (χ1n) is 6.32. The zero-order valence-electron chi connectivity index (χ0n) is 10.6. The summed E-state index contributed by atoms with van der Waals surface area (Å²) in [6.45, 7) is 3.11. The van der Waals surface area contributed by atoms with Crippen LogP contribution in [0.4, 0.5) is 0 Å². The Morgan fingerprint density at radius 3 is 2.61 bits per heavy atom. The van der Waals surface area contributed by atoms with Crippen molar-refractivity contribution in [1.82, 2.24) is 5.32 Å². The largest absolute Gasteiger partial charge is 0.395 e. The molecule has 2 N–H and O–H groups in total. The molecule has 2 aromatic rings. The van der Waals surface area contributed by atoms with E-state index in [1.165, 1.54) is 15.3 Å². The number of aliphatic hydroxyl groups is 1. The van der Waals surface area contributed by atoms with Crippen molar-refractivity contribution in [3.05, 3.63) is 47.3 Å². The summed E-state index contributed by atoms with van der Waals surface area (Å²) in [6, 6.07) is 14.9. The van der Waals surface area contributed by atoms with E-state index in [0.29, 0.717) is 0 Å². The predicted molar refractivity (Wildman–Crippen MR) is 77.8 cm³/mol. The van der Waals surface area contributed by atoms with E-state index < -0.39 is 0 Å². The lowest BCUT2D eigenvalue weighted by Crippen LogP contribution is -2.30. The summed E-state index contributed by atoms with van der Waals surface area (Å²) in [5, 5.41) is 12.5. The van der Waals surface area contributed by atoms with Crippen LogP contribution in [0, 0.1) is 0 Å². The van der Waals surface area contributed by atoms with E-state index in [4.69, 9.17) is 5.11 Å². The van der Waals surface area contributed by atoms with Gasteiger partial charge in [-0.05, 0) is 24.1 Å². The lowest BCUT2D eigenvalue weighted by atomic mass is 10.2. The van der Waals surface area contributed by atoms with Crippen molar-refractivity contribution in [1.29, 1.82) is 0 Å². The second-order valence-electron chi connectivity index (χ2n) is 4.30. The number of thiophene rings is 1. The molecule has 0 saturated heterocycles. The third kappa shape index (κ3) is 3.42. The van der Waals surface area contributed by atoms with Gasteiger partial charge in [-0.1, -0.05) is 37.3 Å². The Hall–Kier alpha value is -1.16. The summed E-state index contributed by atoms with van der Waals surface area (Å²) >= 11 is 1.80. The van der Waals surface area contributed by atoms with Gasteiger partial charge < -0.3 is 10.4 Å². The van der Waals surface area contributed by atoms with E-state index >= 15 is 0 Å². The molecular weight excluding hydrogens is 242 g/mol. The number of rotatable bonds is 6. The molecule has 1 aromatic heterocycles. The topological polar surface area (TPSA) is 32.3 Å². The van der Waals surface area contributed by atoms with Crippen molar-refractivity contribution in [3.8, 4) is 10.4 Å². The van der Waals surface area contributed by atoms with E-state index in [1.807, 2.05) is 6.07 Å². The van der Waals surface area contributed by atoms with Crippen molar-refractivity contribution in [2.45, 2.75) is 25.9 Å². The minimum absolute atomic E-state index is 0.201. The molecule has 96 valence electrons. The number of hydrogen-bond acceptors (Lipinski definition) is 3. The average molecular weight is 261 g/mol. The van der Waals surface area contributed by atoms with Crippen LogP contribution in [0.3, 0.4) is 0 Å². The zero-order valence-corrected chi connectivity index (χ0v) is 11.4. The molecule has 0 aliphatic carbocycles. The molecule has 1 unspecified atom stereocenters. The zero-order chi connectivity index (χ0) is 12.8. The Balaban J connectivity index is 1.98. The Morgan fingerprint density at radius 2 is 1.94 bits per heavy atom. The normalized spacial score (nSPS) is 12.6. The van der Waals surface area contributed by atoms with Gasteiger partial charge in [0.1, 0.15) is 0 Å². The SMILES string of the molecule is CCC(CO)NCc1ccc(-c2ccccc2)s1. The molecule has 0 aliphatic rings. The molecule has 2 nitrogen and oxygen atoms in total. The van der Waals surface area contributed by atoms with E-state index in [-0.39, 0.29) is 12.6 Å². The summed E-state index contributed by atoms with van der Waals surface area (Å²) in [6.07, 6.45) is 0.952. The van der Waals surface area contributed by atoms with Crippen LogP contribution >= 0.6 is 11.3 Å². The first-order valence-corrected chi connectivity index (χ1v) is 7.13. The monoisotopic (exact) mass is 261 g/mol. The number of nitrogens with one attached hydrogen (secondary N) is 1. The fraction of sp³-hybridized carbons (Fsp3) is 0.333. The van der Waals surface area contributed by atoms with Crippen molar-refractivity contribution in [3.63, 3.8) is 0 Å². The molecule has 3 heteroatoms. The predicted octanol–water partition coefficient (Wildman–Crippen LogP) is 3.28. The van der Waals surface area contributed by atoms with E-state index in [1.54, 1.807) is 11.3 Å². The van der Waals surface area contributed by atoms with Crippen LogP contribution in [-0.4, -0.2) is 17.8 Å².